The summed E-state index contributed by atoms with van der Waals surface area (Å²) in [4.78, 5) is 26.6. The average molecular weight is 576 g/mol. The zero-order valence-electron chi connectivity index (χ0n) is 22.6. The van der Waals surface area contributed by atoms with Crippen molar-refractivity contribution in [2.45, 2.75) is 24.3 Å². The van der Waals surface area contributed by atoms with E-state index >= 15 is 0 Å². The van der Waals surface area contributed by atoms with Crippen LogP contribution in [0.2, 0.25) is 0 Å². The number of benzene rings is 3. The lowest BCUT2D eigenvalue weighted by atomic mass is 9.86. The number of carbonyl (C=O) groups excluding carboxylic acids is 1. The number of non-ortho nitro benzene ring substituents is 1. The third kappa shape index (κ3) is 5.72. The fourth-order valence-corrected chi connectivity index (χ4v) is 7.00. The second-order valence-electron chi connectivity index (χ2n) is 9.89. The predicted octanol–water partition coefficient (Wildman–Crippen LogP) is 4.31. The number of rotatable bonds is 8. The van der Waals surface area contributed by atoms with Gasteiger partial charge in [-0.05, 0) is 37.2 Å². The minimum absolute atomic E-state index is 0.0444. The molecule has 1 N–H and O–H groups in total. The molecule has 0 amide bonds. The number of nitrogens with zero attached hydrogens (tertiary/aromatic N) is 2. The van der Waals surface area contributed by atoms with Gasteiger partial charge in [-0.15, -0.1) is 0 Å². The Bertz CT molecular complexity index is 1670. The van der Waals surface area contributed by atoms with E-state index in [0.29, 0.717) is 18.8 Å². The first-order valence-corrected chi connectivity index (χ1v) is 14.5. The molecule has 41 heavy (non-hydrogen) atoms. The Hall–Kier alpha value is -4.48. The SMILES string of the molecule is CC1=C(C(=O)OCCN(C)Cc2ccccc2)C(c2cccc([N+](=O)[O-])c2)C2=C(COc3ccccc3S2(=O)=O)N1. The smallest absolute Gasteiger partial charge is 0.336 e. The van der Waals surface area contributed by atoms with Gasteiger partial charge in [0.25, 0.3) is 5.69 Å². The highest BCUT2D eigenvalue weighted by molar-refractivity contribution is 7.95. The average Bonchev–Trinajstić information content (AvgIpc) is 3.06. The lowest BCUT2D eigenvalue weighted by molar-refractivity contribution is -0.384. The summed E-state index contributed by atoms with van der Waals surface area (Å²) in [5.74, 6) is -1.68. The van der Waals surface area contributed by atoms with Crippen LogP contribution < -0.4 is 10.1 Å². The van der Waals surface area contributed by atoms with Crippen molar-refractivity contribution >= 4 is 21.5 Å². The van der Waals surface area contributed by atoms with Crippen LogP contribution >= 0.6 is 0 Å². The van der Waals surface area contributed by atoms with Gasteiger partial charge in [-0.3, -0.25) is 15.0 Å². The van der Waals surface area contributed by atoms with Crippen LogP contribution in [0.5, 0.6) is 5.75 Å². The van der Waals surface area contributed by atoms with E-state index in [1.54, 1.807) is 31.2 Å². The van der Waals surface area contributed by atoms with Crippen LogP contribution in [0.1, 0.15) is 24.0 Å². The van der Waals surface area contributed by atoms with Crippen molar-refractivity contribution < 1.29 is 27.6 Å². The Morgan fingerprint density at radius 3 is 2.59 bits per heavy atom. The summed E-state index contributed by atoms with van der Waals surface area (Å²) >= 11 is 0. The van der Waals surface area contributed by atoms with E-state index in [2.05, 4.69) is 5.32 Å². The molecule has 0 radical (unpaired) electrons. The lowest BCUT2D eigenvalue weighted by Gasteiger charge is -2.31. The van der Waals surface area contributed by atoms with Crippen molar-refractivity contribution in [3.63, 3.8) is 0 Å². The highest BCUT2D eigenvalue weighted by atomic mass is 32.2. The zero-order chi connectivity index (χ0) is 29.1. The number of nitrogens with one attached hydrogen (secondary N) is 1. The molecule has 10 nitrogen and oxygen atoms in total. The molecule has 2 aliphatic rings. The molecule has 0 saturated heterocycles. The molecule has 0 bridgehead atoms. The van der Waals surface area contributed by atoms with Gasteiger partial charge in [0.15, 0.2) is 0 Å². The monoisotopic (exact) mass is 575 g/mol. The summed E-state index contributed by atoms with van der Waals surface area (Å²) in [5, 5.41) is 14.7. The number of likely N-dealkylation sites (N-methyl/N-ethyl adjacent to an activating group) is 1. The maximum Gasteiger partial charge on any atom is 0.336 e. The standard InChI is InChI=1S/C30H29N3O7S/c1-20-27(30(34)39-16-15-32(2)18-21-9-4-3-5-10-21)28(22-11-8-12-23(17-22)33(35)36)29-24(31-20)19-40-25-13-6-7-14-26(25)41(29,37)38/h3-14,17,28,31H,15-16,18-19H2,1-2H3. The van der Waals surface area contributed by atoms with Gasteiger partial charge in [0.1, 0.15) is 23.9 Å². The van der Waals surface area contributed by atoms with E-state index in [-0.39, 0.29) is 51.3 Å². The van der Waals surface area contributed by atoms with E-state index in [9.17, 15) is 23.3 Å². The van der Waals surface area contributed by atoms with Gasteiger partial charge in [-0.2, -0.15) is 0 Å². The number of sulfone groups is 1. The Balaban J connectivity index is 1.49. The van der Waals surface area contributed by atoms with Gasteiger partial charge in [0.2, 0.25) is 9.84 Å². The van der Waals surface area contributed by atoms with Crippen LogP contribution in [0.15, 0.2) is 106 Å². The van der Waals surface area contributed by atoms with Gasteiger partial charge >= 0.3 is 5.97 Å². The summed E-state index contributed by atoms with van der Waals surface area (Å²) in [7, 11) is -2.29. The van der Waals surface area contributed by atoms with E-state index in [0.717, 1.165) is 5.56 Å². The number of fused-ring (bicyclic) bond motifs is 1. The Labute approximate surface area is 238 Å². The topological polar surface area (TPSA) is 128 Å². The first kappa shape index (κ1) is 28.1. The third-order valence-corrected chi connectivity index (χ3v) is 9.00. The van der Waals surface area contributed by atoms with Gasteiger partial charge in [-0.1, -0.05) is 54.6 Å². The van der Waals surface area contributed by atoms with Crippen LogP contribution in [0, 0.1) is 10.1 Å². The van der Waals surface area contributed by atoms with Crippen molar-refractivity contribution in [1.29, 1.82) is 0 Å². The number of hydrogen-bond donors (Lipinski definition) is 1. The van der Waals surface area contributed by atoms with Crippen LogP contribution in [-0.2, 0) is 25.9 Å². The molecule has 3 aromatic carbocycles. The number of nitro benzene ring substituents is 1. The molecule has 212 valence electrons. The number of hydrogen-bond acceptors (Lipinski definition) is 9. The molecule has 11 heteroatoms. The fraction of sp³-hybridized carbons (Fsp3) is 0.233. The molecule has 0 fully saturated rings. The van der Waals surface area contributed by atoms with Crippen molar-refractivity contribution in [1.82, 2.24) is 10.2 Å². The summed E-state index contributed by atoms with van der Waals surface area (Å²) in [6.07, 6.45) is 0. The Kier molecular flexibility index (Phi) is 7.91. The normalized spacial score (nSPS) is 17.6. The maximum absolute atomic E-state index is 14.1. The summed E-state index contributed by atoms with van der Waals surface area (Å²) in [6, 6.07) is 21.8. The van der Waals surface area contributed by atoms with E-state index in [1.807, 2.05) is 42.3 Å². The fourth-order valence-electron chi connectivity index (χ4n) is 5.11. The van der Waals surface area contributed by atoms with Crippen LogP contribution in [0.4, 0.5) is 5.69 Å². The molecule has 0 saturated carbocycles. The number of para-hydroxylation sites is 1. The number of ether oxygens (including phenoxy) is 2. The van der Waals surface area contributed by atoms with Crippen LogP contribution in [0.25, 0.3) is 0 Å². The van der Waals surface area contributed by atoms with Crippen molar-refractivity contribution in [2.75, 3.05) is 26.8 Å². The summed E-state index contributed by atoms with van der Waals surface area (Å²) in [6.45, 7) is 2.71. The first-order valence-electron chi connectivity index (χ1n) is 13.0. The van der Waals surface area contributed by atoms with E-state index in [1.165, 1.54) is 24.3 Å². The number of nitro groups is 1. The Morgan fingerprint density at radius 2 is 1.83 bits per heavy atom. The minimum Gasteiger partial charge on any atom is -0.486 e. The largest absolute Gasteiger partial charge is 0.486 e. The third-order valence-electron chi connectivity index (χ3n) is 7.03. The molecule has 1 unspecified atom stereocenters. The molecule has 0 aromatic heterocycles. The highest BCUT2D eigenvalue weighted by Gasteiger charge is 2.44. The number of allylic oxidation sites excluding steroid dienone is 2. The number of carbonyl (C=O) groups is 1. The predicted molar refractivity (Wildman–Crippen MR) is 152 cm³/mol. The van der Waals surface area contributed by atoms with Crippen molar-refractivity contribution in [3.05, 3.63) is 122 Å². The second-order valence-corrected chi connectivity index (χ2v) is 11.8. The summed E-state index contributed by atoms with van der Waals surface area (Å²) in [5.41, 5.74) is 1.88. The second kappa shape index (κ2) is 11.6. The Morgan fingerprint density at radius 1 is 1.10 bits per heavy atom. The molecule has 1 atom stereocenters. The summed E-state index contributed by atoms with van der Waals surface area (Å²) < 4.78 is 39.7. The zero-order valence-corrected chi connectivity index (χ0v) is 23.4. The quantitative estimate of drug-likeness (QED) is 0.237. The number of dihydropyridines is 1. The first-order chi connectivity index (χ1) is 19.7. The van der Waals surface area contributed by atoms with Gasteiger partial charge in [0.05, 0.1) is 27.0 Å². The molecule has 0 aliphatic carbocycles. The number of esters is 1. The molecular formula is C30H29N3O7S. The van der Waals surface area contributed by atoms with Crippen molar-refractivity contribution in [3.8, 4) is 5.75 Å². The van der Waals surface area contributed by atoms with Crippen molar-refractivity contribution in [2.24, 2.45) is 0 Å². The molecule has 5 rings (SSSR count). The van der Waals surface area contributed by atoms with Gasteiger partial charge in [0, 0.05) is 30.9 Å². The highest BCUT2D eigenvalue weighted by Crippen LogP contribution is 2.46. The van der Waals surface area contributed by atoms with Crippen LogP contribution in [0.3, 0.4) is 0 Å². The maximum atomic E-state index is 14.1. The molecule has 2 aliphatic heterocycles. The van der Waals surface area contributed by atoms with E-state index in [4.69, 9.17) is 9.47 Å². The minimum atomic E-state index is -4.20. The molecular weight excluding hydrogens is 546 g/mol. The van der Waals surface area contributed by atoms with E-state index < -0.39 is 26.6 Å². The molecule has 2 heterocycles. The van der Waals surface area contributed by atoms with Crippen LogP contribution in [-0.4, -0.2) is 51.0 Å². The van der Waals surface area contributed by atoms with Gasteiger partial charge < -0.3 is 14.8 Å². The van der Waals surface area contributed by atoms with Gasteiger partial charge in [-0.25, -0.2) is 13.2 Å². The molecule has 0 spiro atoms. The lowest BCUT2D eigenvalue weighted by Crippen LogP contribution is -2.34. The molecule has 3 aromatic rings.